The zero-order valence-corrected chi connectivity index (χ0v) is 9.76. The average molecular weight is 261 g/mol. The van der Waals surface area contributed by atoms with Crippen LogP contribution in [0.25, 0.3) is 0 Å². The number of hydrogen-bond donors (Lipinski definition) is 2. The van der Waals surface area contributed by atoms with E-state index in [0.29, 0.717) is 19.0 Å². The fourth-order valence-electron chi connectivity index (χ4n) is 0.970. The monoisotopic (exact) mass is 260 g/mol. The normalized spacial score (nSPS) is 10.2. The highest BCUT2D eigenvalue weighted by Crippen LogP contribution is 2.23. The second-order valence-corrected chi connectivity index (χ2v) is 3.54. The molecule has 5 nitrogen and oxygen atoms in total. The van der Waals surface area contributed by atoms with Crippen LogP contribution in [-0.2, 0) is 4.74 Å². The van der Waals surface area contributed by atoms with Gasteiger partial charge in [-0.2, -0.15) is 4.98 Å². The summed E-state index contributed by atoms with van der Waals surface area (Å²) >= 11 is 3.38. The van der Waals surface area contributed by atoms with Crippen LogP contribution < -0.4 is 11.1 Å². The Kier molecular flexibility index (Phi) is 4.09. The van der Waals surface area contributed by atoms with Gasteiger partial charge in [-0.1, -0.05) is 0 Å². The van der Waals surface area contributed by atoms with Crippen LogP contribution in [0.3, 0.4) is 0 Å². The van der Waals surface area contributed by atoms with Crippen molar-refractivity contribution in [1.29, 1.82) is 0 Å². The van der Waals surface area contributed by atoms with Crippen LogP contribution in [0.4, 0.5) is 11.8 Å². The Morgan fingerprint density at radius 2 is 2.21 bits per heavy atom. The van der Waals surface area contributed by atoms with E-state index >= 15 is 0 Å². The third kappa shape index (κ3) is 2.81. The number of aromatic nitrogens is 2. The Hall–Kier alpha value is -0.880. The minimum Gasteiger partial charge on any atom is -0.383 e. The van der Waals surface area contributed by atoms with E-state index in [4.69, 9.17) is 10.5 Å². The smallest absolute Gasteiger partial charge is 0.222 e. The summed E-state index contributed by atoms with van der Waals surface area (Å²) in [5, 5.41) is 3.09. The molecule has 0 unspecified atom stereocenters. The quantitative estimate of drug-likeness (QED) is 0.796. The molecule has 0 bridgehead atoms. The molecular formula is C8H13BrN4O. The number of hydrogen-bond acceptors (Lipinski definition) is 5. The molecule has 14 heavy (non-hydrogen) atoms. The number of rotatable bonds is 4. The van der Waals surface area contributed by atoms with E-state index in [0.717, 1.165) is 10.2 Å². The predicted octanol–water partition coefficient (Wildman–Crippen LogP) is 1.19. The molecule has 0 amide bonds. The van der Waals surface area contributed by atoms with Crippen molar-refractivity contribution in [3.05, 3.63) is 10.2 Å². The van der Waals surface area contributed by atoms with Crippen LogP contribution in [0.5, 0.6) is 0 Å². The van der Waals surface area contributed by atoms with Crippen molar-refractivity contribution in [3.63, 3.8) is 0 Å². The molecule has 0 spiro atoms. The topological polar surface area (TPSA) is 73.1 Å². The molecule has 0 aliphatic rings. The highest BCUT2D eigenvalue weighted by atomic mass is 79.9. The molecule has 1 heterocycles. The van der Waals surface area contributed by atoms with Crippen molar-refractivity contribution in [2.75, 3.05) is 31.3 Å². The molecule has 0 aromatic carbocycles. The molecule has 0 atom stereocenters. The Morgan fingerprint density at radius 3 is 2.86 bits per heavy atom. The van der Waals surface area contributed by atoms with Gasteiger partial charge in [-0.25, -0.2) is 4.98 Å². The third-order valence-electron chi connectivity index (χ3n) is 1.63. The van der Waals surface area contributed by atoms with E-state index in [2.05, 4.69) is 31.2 Å². The summed E-state index contributed by atoms with van der Waals surface area (Å²) < 4.78 is 5.75. The SMILES string of the molecule is COCCNc1nc(N)nc(C)c1Br. The van der Waals surface area contributed by atoms with E-state index in [9.17, 15) is 0 Å². The number of halogens is 1. The van der Waals surface area contributed by atoms with E-state index < -0.39 is 0 Å². The number of ether oxygens (including phenoxy) is 1. The Labute approximate surface area is 91.2 Å². The summed E-state index contributed by atoms with van der Waals surface area (Å²) in [6.07, 6.45) is 0. The van der Waals surface area contributed by atoms with Gasteiger partial charge >= 0.3 is 0 Å². The second kappa shape index (κ2) is 5.11. The zero-order chi connectivity index (χ0) is 10.6. The number of nitrogens with one attached hydrogen (secondary N) is 1. The molecular weight excluding hydrogens is 248 g/mol. The van der Waals surface area contributed by atoms with Crippen LogP contribution in [0, 0.1) is 6.92 Å². The van der Waals surface area contributed by atoms with Gasteiger partial charge < -0.3 is 15.8 Å². The zero-order valence-electron chi connectivity index (χ0n) is 8.17. The van der Waals surface area contributed by atoms with Crippen LogP contribution in [0.1, 0.15) is 5.69 Å². The van der Waals surface area contributed by atoms with Crippen molar-refractivity contribution in [1.82, 2.24) is 9.97 Å². The summed E-state index contributed by atoms with van der Waals surface area (Å²) in [6, 6.07) is 0. The molecule has 6 heteroatoms. The summed E-state index contributed by atoms with van der Waals surface area (Å²) in [5.74, 6) is 0.970. The number of methoxy groups -OCH3 is 1. The lowest BCUT2D eigenvalue weighted by Gasteiger charge is -2.08. The minimum absolute atomic E-state index is 0.269. The Bertz CT molecular complexity index is 318. The van der Waals surface area contributed by atoms with Gasteiger partial charge in [0.2, 0.25) is 5.95 Å². The van der Waals surface area contributed by atoms with Crippen LogP contribution >= 0.6 is 15.9 Å². The molecule has 0 saturated carbocycles. The molecule has 0 radical (unpaired) electrons. The maximum absolute atomic E-state index is 5.52. The molecule has 78 valence electrons. The van der Waals surface area contributed by atoms with Gasteiger partial charge in [-0.05, 0) is 22.9 Å². The highest BCUT2D eigenvalue weighted by Gasteiger charge is 2.06. The lowest BCUT2D eigenvalue weighted by atomic mass is 10.4. The number of anilines is 2. The average Bonchev–Trinajstić information content (AvgIpc) is 2.13. The Morgan fingerprint density at radius 1 is 1.50 bits per heavy atom. The summed E-state index contributed by atoms with van der Waals surface area (Å²) in [7, 11) is 1.65. The minimum atomic E-state index is 0.269. The fraction of sp³-hybridized carbons (Fsp3) is 0.500. The van der Waals surface area contributed by atoms with Gasteiger partial charge in [0.25, 0.3) is 0 Å². The maximum Gasteiger partial charge on any atom is 0.222 e. The maximum atomic E-state index is 5.52. The Balaban J connectivity index is 2.75. The highest BCUT2D eigenvalue weighted by molar-refractivity contribution is 9.10. The van der Waals surface area contributed by atoms with E-state index in [-0.39, 0.29) is 5.95 Å². The molecule has 1 aromatic heterocycles. The summed E-state index contributed by atoms with van der Waals surface area (Å²) in [5.41, 5.74) is 6.34. The van der Waals surface area contributed by atoms with Gasteiger partial charge in [0, 0.05) is 13.7 Å². The standard InChI is InChI=1S/C8H13BrN4O/c1-5-6(9)7(11-3-4-14-2)13-8(10)12-5/h3-4H2,1-2H3,(H3,10,11,12,13). The van der Waals surface area contributed by atoms with Gasteiger partial charge in [-0.15, -0.1) is 0 Å². The van der Waals surface area contributed by atoms with Crippen molar-refractivity contribution in [2.24, 2.45) is 0 Å². The van der Waals surface area contributed by atoms with Crippen LogP contribution in [0.15, 0.2) is 4.47 Å². The first kappa shape index (κ1) is 11.2. The van der Waals surface area contributed by atoms with Crippen molar-refractivity contribution in [3.8, 4) is 0 Å². The largest absolute Gasteiger partial charge is 0.383 e. The molecule has 0 fully saturated rings. The van der Waals surface area contributed by atoms with Gasteiger partial charge in [0.05, 0.1) is 16.8 Å². The number of aryl methyl sites for hydroxylation is 1. The molecule has 0 saturated heterocycles. The lowest BCUT2D eigenvalue weighted by Crippen LogP contribution is -2.11. The number of nitrogen functional groups attached to an aromatic ring is 1. The van der Waals surface area contributed by atoms with E-state index in [1.807, 2.05) is 6.92 Å². The first-order chi connectivity index (χ1) is 6.65. The van der Waals surface area contributed by atoms with Gasteiger partial charge in [-0.3, -0.25) is 0 Å². The second-order valence-electron chi connectivity index (χ2n) is 2.75. The van der Waals surface area contributed by atoms with Crippen LogP contribution in [0.2, 0.25) is 0 Å². The summed E-state index contributed by atoms with van der Waals surface area (Å²) in [4.78, 5) is 8.07. The third-order valence-corrected chi connectivity index (χ3v) is 2.58. The number of nitrogens with zero attached hydrogens (tertiary/aromatic N) is 2. The van der Waals surface area contributed by atoms with Crippen LogP contribution in [-0.4, -0.2) is 30.2 Å². The van der Waals surface area contributed by atoms with E-state index in [1.54, 1.807) is 7.11 Å². The van der Waals surface area contributed by atoms with E-state index in [1.165, 1.54) is 0 Å². The molecule has 0 aliphatic carbocycles. The molecule has 3 N–H and O–H groups in total. The first-order valence-corrected chi connectivity index (χ1v) is 4.97. The van der Waals surface area contributed by atoms with Gasteiger partial charge in [0.1, 0.15) is 5.82 Å². The van der Waals surface area contributed by atoms with Crippen molar-refractivity contribution >= 4 is 27.7 Å². The van der Waals surface area contributed by atoms with Crippen molar-refractivity contribution < 1.29 is 4.74 Å². The fourth-order valence-corrected chi connectivity index (χ4v) is 1.29. The lowest BCUT2D eigenvalue weighted by molar-refractivity contribution is 0.210. The first-order valence-electron chi connectivity index (χ1n) is 4.17. The molecule has 0 aliphatic heterocycles. The summed E-state index contributed by atoms with van der Waals surface area (Å²) in [6.45, 7) is 3.17. The molecule has 1 aromatic rings. The van der Waals surface area contributed by atoms with Gasteiger partial charge in [0.15, 0.2) is 0 Å². The van der Waals surface area contributed by atoms with Crippen molar-refractivity contribution in [2.45, 2.75) is 6.92 Å². The number of nitrogens with two attached hydrogens (primary N) is 1. The molecule has 1 rings (SSSR count). The predicted molar refractivity (Wildman–Crippen MR) is 59.2 cm³/mol.